The molecule has 1 heterocycles. The molecule has 2 rings (SSSR count). The largest absolute Gasteiger partial charge is 0.435 e. The Balaban J connectivity index is 2.36. The number of rotatable bonds is 1. The van der Waals surface area contributed by atoms with Gasteiger partial charge < -0.3 is 10.1 Å². The summed E-state index contributed by atoms with van der Waals surface area (Å²) in [6.07, 6.45) is -2.76. The molecule has 1 aliphatic heterocycles. The van der Waals surface area contributed by atoms with E-state index >= 15 is 0 Å². The summed E-state index contributed by atoms with van der Waals surface area (Å²) in [5, 5.41) is 1.68. The molecule has 92 valence electrons. The minimum absolute atomic E-state index is 0.133. The number of ether oxygens (including phenoxy) is 1. The molecule has 0 spiro atoms. The Morgan fingerprint density at radius 2 is 2.18 bits per heavy atom. The van der Waals surface area contributed by atoms with Crippen molar-refractivity contribution in [3.63, 3.8) is 0 Å². The van der Waals surface area contributed by atoms with Gasteiger partial charge in [-0.25, -0.2) is 18.0 Å². The standard InChI is InChI=1S/C10H7ClF3NO2/c11-6-2-1-5(3-7(6)12)8-10(13,14)4-15-9(16)17-8/h1-3,8H,4H2,(H,15,16). The van der Waals surface area contributed by atoms with Crippen LogP contribution in [0.4, 0.5) is 18.0 Å². The van der Waals surface area contributed by atoms with Crippen LogP contribution in [-0.4, -0.2) is 18.6 Å². The summed E-state index contributed by atoms with van der Waals surface area (Å²) in [4.78, 5) is 10.9. The first-order chi connectivity index (χ1) is 7.90. The SMILES string of the molecule is O=C1NCC(F)(F)C(c2ccc(Cl)c(F)c2)O1. The summed E-state index contributed by atoms with van der Waals surface area (Å²) in [5.41, 5.74) is -0.133. The monoisotopic (exact) mass is 265 g/mol. The van der Waals surface area contributed by atoms with Gasteiger partial charge in [0.05, 0.1) is 11.6 Å². The first-order valence-electron chi connectivity index (χ1n) is 4.67. The average molecular weight is 266 g/mol. The van der Waals surface area contributed by atoms with E-state index < -0.39 is 30.5 Å². The second-order valence-corrected chi connectivity index (χ2v) is 3.98. The lowest BCUT2D eigenvalue weighted by Gasteiger charge is -2.31. The average Bonchev–Trinajstić information content (AvgIpc) is 2.26. The van der Waals surface area contributed by atoms with E-state index in [1.807, 2.05) is 5.32 Å². The van der Waals surface area contributed by atoms with Gasteiger partial charge in [-0.15, -0.1) is 0 Å². The number of alkyl carbamates (subject to hydrolysis) is 1. The van der Waals surface area contributed by atoms with E-state index in [2.05, 4.69) is 4.74 Å². The number of benzene rings is 1. The second-order valence-electron chi connectivity index (χ2n) is 3.57. The van der Waals surface area contributed by atoms with E-state index in [1.54, 1.807) is 0 Å². The van der Waals surface area contributed by atoms with Crippen LogP contribution in [0.3, 0.4) is 0 Å². The number of carbonyl (C=O) groups is 1. The molecule has 1 N–H and O–H groups in total. The van der Waals surface area contributed by atoms with Crippen molar-refractivity contribution in [2.24, 2.45) is 0 Å². The van der Waals surface area contributed by atoms with Gasteiger partial charge in [0, 0.05) is 5.56 Å². The van der Waals surface area contributed by atoms with Crippen molar-refractivity contribution >= 4 is 17.7 Å². The minimum atomic E-state index is -3.30. The number of halogens is 4. The lowest BCUT2D eigenvalue weighted by Crippen LogP contribution is -2.48. The van der Waals surface area contributed by atoms with Gasteiger partial charge in [-0.3, -0.25) is 0 Å². The number of nitrogens with one attached hydrogen (secondary N) is 1. The summed E-state index contributed by atoms with van der Waals surface area (Å²) >= 11 is 5.44. The molecule has 0 aliphatic carbocycles. The van der Waals surface area contributed by atoms with Gasteiger partial charge in [0.25, 0.3) is 0 Å². The van der Waals surface area contributed by atoms with Crippen LogP contribution in [-0.2, 0) is 4.74 Å². The quantitative estimate of drug-likeness (QED) is 0.848. The zero-order valence-electron chi connectivity index (χ0n) is 8.34. The summed E-state index contributed by atoms with van der Waals surface area (Å²) in [6, 6.07) is 3.17. The van der Waals surface area contributed by atoms with E-state index in [-0.39, 0.29) is 10.6 Å². The van der Waals surface area contributed by atoms with Crippen molar-refractivity contribution in [2.45, 2.75) is 12.0 Å². The molecule has 0 radical (unpaired) electrons. The highest BCUT2D eigenvalue weighted by Gasteiger charge is 2.47. The highest BCUT2D eigenvalue weighted by molar-refractivity contribution is 6.30. The minimum Gasteiger partial charge on any atom is -0.435 e. The fourth-order valence-corrected chi connectivity index (χ4v) is 1.62. The summed E-state index contributed by atoms with van der Waals surface area (Å²) < 4.78 is 44.6. The number of carbonyl (C=O) groups excluding carboxylic acids is 1. The molecule has 1 atom stereocenters. The Morgan fingerprint density at radius 1 is 1.47 bits per heavy atom. The van der Waals surface area contributed by atoms with Crippen LogP contribution in [0.15, 0.2) is 18.2 Å². The van der Waals surface area contributed by atoms with Crippen LogP contribution in [0.2, 0.25) is 5.02 Å². The van der Waals surface area contributed by atoms with Crippen LogP contribution in [0.25, 0.3) is 0 Å². The Bertz CT molecular complexity index is 467. The van der Waals surface area contributed by atoms with Gasteiger partial charge >= 0.3 is 12.0 Å². The number of cyclic esters (lactones) is 1. The lowest BCUT2D eigenvalue weighted by molar-refractivity contribution is -0.129. The molecule has 0 saturated carbocycles. The number of amides is 1. The zero-order valence-corrected chi connectivity index (χ0v) is 9.10. The first-order valence-corrected chi connectivity index (χ1v) is 5.05. The van der Waals surface area contributed by atoms with Gasteiger partial charge in [-0.2, -0.15) is 0 Å². The Morgan fingerprint density at radius 3 is 2.82 bits per heavy atom. The fraction of sp³-hybridized carbons (Fsp3) is 0.300. The van der Waals surface area contributed by atoms with Crippen LogP contribution in [0.1, 0.15) is 11.7 Å². The number of hydrogen-bond donors (Lipinski definition) is 1. The molecular formula is C10H7ClF3NO2. The van der Waals surface area contributed by atoms with Crippen LogP contribution in [0, 0.1) is 5.82 Å². The third-order valence-corrected chi connectivity index (χ3v) is 2.63. The lowest BCUT2D eigenvalue weighted by atomic mass is 10.0. The molecule has 17 heavy (non-hydrogen) atoms. The van der Waals surface area contributed by atoms with Gasteiger partial charge in [-0.1, -0.05) is 17.7 Å². The number of hydrogen-bond acceptors (Lipinski definition) is 2. The van der Waals surface area contributed by atoms with Crippen LogP contribution >= 0.6 is 11.6 Å². The summed E-state index contributed by atoms with van der Waals surface area (Å²) in [5.74, 6) is -4.14. The molecule has 7 heteroatoms. The summed E-state index contributed by atoms with van der Waals surface area (Å²) in [7, 11) is 0. The maximum atomic E-state index is 13.5. The van der Waals surface area contributed by atoms with Gasteiger partial charge in [-0.05, 0) is 12.1 Å². The maximum absolute atomic E-state index is 13.5. The highest BCUT2D eigenvalue weighted by atomic mass is 35.5. The smallest absolute Gasteiger partial charge is 0.408 e. The Labute approximate surface area is 99.5 Å². The van der Waals surface area contributed by atoms with Crippen LogP contribution in [0.5, 0.6) is 0 Å². The fourth-order valence-electron chi connectivity index (χ4n) is 1.50. The van der Waals surface area contributed by atoms with Crippen molar-refractivity contribution in [3.8, 4) is 0 Å². The van der Waals surface area contributed by atoms with Crippen molar-refractivity contribution in [2.75, 3.05) is 6.54 Å². The molecule has 1 aromatic carbocycles. The molecular weight excluding hydrogens is 259 g/mol. The van der Waals surface area contributed by atoms with Crippen molar-refractivity contribution in [1.29, 1.82) is 0 Å². The molecule has 1 amide bonds. The molecule has 1 aromatic rings. The van der Waals surface area contributed by atoms with E-state index in [9.17, 15) is 18.0 Å². The third-order valence-electron chi connectivity index (χ3n) is 2.32. The van der Waals surface area contributed by atoms with E-state index in [1.165, 1.54) is 6.07 Å². The molecule has 1 aliphatic rings. The van der Waals surface area contributed by atoms with Crippen molar-refractivity contribution < 1.29 is 22.7 Å². The zero-order chi connectivity index (χ0) is 12.6. The molecule has 0 bridgehead atoms. The maximum Gasteiger partial charge on any atom is 0.408 e. The molecule has 1 saturated heterocycles. The Kier molecular flexibility index (Phi) is 2.91. The van der Waals surface area contributed by atoms with E-state index in [4.69, 9.17) is 11.6 Å². The number of alkyl halides is 2. The predicted octanol–water partition coefficient (Wildman–Crippen LogP) is 2.90. The molecule has 1 fully saturated rings. The summed E-state index contributed by atoms with van der Waals surface area (Å²) in [6.45, 7) is -0.846. The van der Waals surface area contributed by atoms with E-state index in [0.717, 1.165) is 12.1 Å². The van der Waals surface area contributed by atoms with Crippen molar-refractivity contribution in [1.82, 2.24) is 5.32 Å². The van der Waals surface area contributed by atoms with Crippen molar-refractivity contribution in [3.05, 3.63) is 34.6 Å². The normalized spacial score (nSPS) is 22.8. The molecule has 0 aromatic heterocycles. The van der Waals surface area contributed by atoms with Gasteiger partial charge in [0.2, 0.25) is 0 Å². The Hall–Kier alpha value is -1.43. The molecule has 3 nitrogen and oxygen atoms in total. The second kappa shape index (κ2) is 4.10. The van der Waals surface area contributed by atoms with Gasteiger partial charge in [0.15, 0.2) is 6.10 Å². The molecule has 1 unspecified atom stereocenters. The topological polar surface area (TPSA) is 38.3 Å². The van der Waals surface area contributed by atoms with Gasteiger partial charge in [0.1, 0.15) is 5.82 Å². The highest BCUT2D eigenvalue weighted by Crippen LogP contribution is 2.37. The predicted molar refractivity (Wildman–Crippen MR) is 53.6 cm³/mol. The third kappa shape index (κ3) is 2.31. The van der Waals surface area contributed by atoms with Crippen LogP contribution < -0.4 is 5.32 Å². The van der Waals surface area contributed by atoms with E-state index in [0.29, 0.717) is 0 Å². The first kappa shape index (κ1) is 12.0.